The molecule has 100 valence electrons. The molecule has 0 fully saturated rings. The van der Waals surface area contributed by atoms with Crippen molar-refractivity contribution in [3.63, 3.8) is 0 Å². The minimum absolute atomic E-state index is 0.0745. The molecule has 0 aliphatic rings. The first-order valence-corrected chi connectivity index (χ1v) is 6.14. The molecule has 6 nitrogen and oxygen atoms in total. The van der Waals surface area contributed by atoms with Crippen LogP contribution < -0.4 is 5.32 Å². The van der Waals surface area contributed by atoms with Crippen molar-refractivity contribution in [3.8, 4) is 0 Å². The molecule has 0 bridgehead atoms. The largest absolute Gasteiger partial charge is 0.375 e. The summed E-state index contributed by atoms with van der Waals surface area (Å²) >= 11 is 0. The number of nitro benzene ring substituents is 1. The number of nitro groups is 1. The number of aromatic nitrogens is 2. The average Bonchev–Trinajstić information content (AvgIpc) is 2.88. The Morgan fingerprint density at radius 1 is 1.25 bits per heavy atom. The van der Waals surface area contributed by atoms with Gasteiger partial charge in [-0.1, -0.05) is 12.1 Å². The van der Waals surface area contributed by atoms with Gasteiger partial charge in [-0.25, -0.2) is 4.98 Å². The molecule has 2 aromatic heterocycles. The van der Waals surface area contributed by atoms with Crippen molar-refractivity contribution in [2.75, 3.05) is 5.32 Å². The van der Waals surface area contributed by atoms with E-state index in [-0.39, 0.29) is 10.6 Å². The third-order valence-electron chi connectivity index (χ3n) is 3.11. The molecule has 0 saturated heterocycles. The van der Waals surface area contributed by atoms with Crippen LogP contribution >= 0.6 is 0 Å². The van der Waals surface area contributed by atoms with Crippen LogP contribution in [0.2, 0.25) is 0 Å². The number of fused-ring (bicyclic) bond motifs is 1. The van der Waals surface area contributed by atoms with E-state index in [1.807, 2.05) is 18.3 Å². The molecule has 2 N–H and O–H groups in total. The summed E-state index contributed by atoms with van der Waals surface area (Å²) in [6.07, 6.45) is 3.58. The van der Waals surface area contributed by atoms with Crippen LogP contribution in [0, 0.1) is 10.1 Å². The minimum Gasteiger partial charge on any atom is -0.375 e. The fourth-order valence-electron chi connectivity index (χ4n) is 2.13. The van der Waals surface area contributed by atoms with Gasteiger partial charge in [0.1, 0.15) is 11.3 Å². The molecule has 0 aliphatic heterocycles. The van der Waals surface area contributed by atoms with E-state index in [1.54, 1.807) is 24.4 Å². The molecule has 0 saturated carbocycles. The van der Waals surface area contributed by atoms with Crippen LogP contribution in [0.4, 0.5) is 11.4 Å². The Balaban J connectivity index is 1.85. The normalized spacial score (nSPS) is 10.6. The standard InChI is InChI=1S/C14H12N4O2/c19-18(20)13-6-2-1-5-12(13)16-8-10-9-17-14-11(10)4-3-7-15-14/h1-7,9,16H,8H2,(H,15,17). The first kappa shape index (κ1) is 12.2. The highest BCUT2D eigenvalue weighted by Gasteiger charge is 2.12. The number of benzene rings is 1. The summed E-state index contributed by atoms with van der Waals surface area (Å²) in [6, 6.07) is 10.4. The smallest absolute Gasteiger partial charge is 0.292 e. The first-order chi connectivity index (χ1) is 9.75. The summed E-state index contributed by atoms with van der Waals surface area (Å²) in [7, 11) is 0. The molecule has 0 atom stereocenters. The topological polar surface area (TPSA) is 83.9 Å². The lowest BCUT2D eigenvalue weighted by Crippen LogP contribution is -2.02. The summed E-state index contributed by atoms with van der Waals surface area (Å²) in [5.74, 6) is 0. The Morgan fingerprint density at radius 2 is 2.10 bits per heavy atom. The molecule has 0 spiro atoms. The van der Waals surface area contributed by atoms with Gasteiger partial charge in [0.25, 0.3) is 5.69 Å². The zero-order valence-corrected chi connectivity index (χ0v) is 10.5. The monoisotopic (exact) mass is 268 g/mol. The van der Waals surface area contributed by atoms with E-state index in [4.69, 9.17) is 0 Å². The number of H-pyrrole nitrogens is 1. The third-order valence-corrected chi connectivity index (χ3v) is 3.11. The summed E-state index contributed by atoms with van der Waals surface area (Å²) in [4.78, 5) is 17.8. The lowest BCUT2D eigenvalue weighted by atomic mass is 10.2. The van der Waals surface area contributed by atoms with Gasteiger partial charge in [-0.05, 0) is 23.8 Å². The molecule has 20 heavy (non-hydrogen) atoms. The van der Waals surface area contributed by atoms with Crippen molar-refractivity contribution in [1.29, 1.82) is 0 Å². The van der Waals surface area contributed by atoms with Gasteiger partial charge in [0.05, 0.1) is 4.92 Å². The third kappa shape index (κ3) is 2.18. The molecule has 6 heteroatoms. The van der Waals surface area contributed by atoms with Crippen molar-refractivity contribution in [2.24, 2.45) is 0 Å². The fourth-order valence-corrected chi connectivity index (χ4v) is 2.13. The molecule has 3 rings (SSSR count). The van der Waals surface area contributed by atoms with Crippen LogP contribution in [0.3, 0.4) is 0 Å². The van der Waals surface area contributed by atoms with Gasteiger partial charge < -0.3 is 10.3 Å². The Labute approximate surface area is 114 Å². The van der Waals surface area contributed by atoms with Crippen LogP contribution in [0.15, 0.2) is 48.8 Å². The summed E-state index contributed by atoms with van der Waals surface area (Å²) in [5, 5.41) is 15.1. The van der Waals surface area contributed by atoms with Crippen molar-refractivity contribution >= 4 is 22.4 Å². The number of para-hydroxylation sites is 2. The lowest BCUT2D eigenvalue weighted by molar-refractivity contribution is -0.384. The molecular formula is C14H12N4O2. The Morgan fingerprint density at radius 3 is 2.95 bits per heavy atom. The van der Waals surface area contributed by atoms with E-state index in [1.165, 1.54) is 6.07 Å². The van der Waals surface area contributed by atoms with Crippen LogP contribution in [-0.4, -0.2) is 14.9 Å². The van der Waals surface area contributed by atoms with Gasteiger partial charge in [-0.3, -0.25) is 10.1 Å². The second-order valence-electron chi connectivity index (χ2n) is 4.34. The maximum Gasteiger partial charge on any atom is 0.292 e. The molecule has 0 amide bonds. The van der Waals surface area contributed by atoms with Gasteiger partial charge in [0.15, 0.2) is 0 Å². The molecule has 2 heterocycles. The van der Waals surface area contributed by atoms with Gasteiger partial charge in [-0.15, -0.1) is 0 Å². The Hall–Kier alpha value is -2.89. The highest BCUT2D eigenvalue weighted by Crippen LogP contribution is 2.24. The van der Waals surface area contributed by atoms with Gasteiger partial charge in [0.2, 0.25) is 0 Å². The highest BCUT2D eigenvalue weighted by molar-refractivity contribution is 5.79. The van der Waals surface area contributed by atoms with Crippen LogP contribution in [0.25, 0.3) is 11.0 Å². The SMILES string of the molecule is O=[N+]([O-])c1ccccc1NCc1c[nH]c2ncccc12. The molecule has 1 aromatic carbocycles. The lowest BCUT2D eigenvalue weighted by Gasteiger charge is -2.06. The van der Waals surface area contributed by atoms with Crippen molar-refractivity contribution in [1.82, 2.24) is 9.97 Å². The van der Waals surface area contributed by atoms with Crippen LogP contribution in [0.1, 0.15) is 5.56 Å². The number of anilines is 1. The number of nitrogens with one attached hydrogen (secondary N) is 2. The molecule has 3 aromatic rings. The van der Waals surface area contributed by atoms with E-state index < -0.39 is 0 Å². The number of pyridine rings is 1. The van der Waals surface area contributed by atoms with E-state index in [0.717, 1.165) is 16.6 Å². The quantitative estimate of drug-likeness (QED) is 0.562. The second kappa shape index (κ2) is 5.00. The van der Waals surface area contributed by atoms with Crippen molar-refractivity contribution in [2.45, 2.75) is 6.54 Å². The summed E-state index contributed by atoms with van der Waals surface area (Å²) in [5.41, 5.74) is 2.42. The molecule has 0 radical (unpaired) electrons. The van der Waals surface area contributed by atoms with Crippen LogP contribution in [0.5, 0.6) is 0 Å². The maximum atomic E-state index is 10.9. The fraction of sp³-hybridized carbons (Fsp3) is 0.0714. The average molecular weight is 268 g/mol. The van der Waals surface area contributed by atoms with E-state index >= 15 is 0 Å². The number of hydrogen-bond donors (Lipinski definition) is 2. The van der Waals surface area contributed by atoms with Gasteiger partial charge in [-0.2, -0.15) is 0 Å². The van der Waals surface area contributed by atoms with E-state index in [9.17, 15) is 10.1 Å². The minimum atomic E-state index is -0.390. The predicted molar refractivity (Wildman–Crippen MR) is 76.5 cm³/mol. The Kier molecular flexibility index (Phi) is 3.04. The highest BCUT2D eigenvalue weighted by atomic mass is 16.6. The molecular weight excluding hydrogens is 256 g/mol. The first-order valence-electron chi connectivity index (χ1n) is 6.14. The number of nitrogens with zero attached hydrogens (tertiary/aromatic N) is 2. The van der Waals surface area contributed by atoms with Gasteiger partial charge in [0, 0.05) is 30.4 Å². The van der Waals surface area contributed by atoms with Crippen molar-refractivity contribution < 1.29 is 4.92 Å². The van der Waals surface area contributed by atoms with E-state index in [0.29, 0.717) is 12.2 Å². The number of rotatable bonds is 4. The zero-order chi connectivity index (χ0) is 13.9. The Bertz CT molecular complexity index is 766. The second-order valence-corrected chi connectivity index (χ2v) is 4.34. The summed E-state index contributed by atoms with van der Waals surface area (Å²) in [6.45, 7) is 0.497. The number of hydrogen-bond acceptors (Lipinski definition) is 4. The molecule has 0 aliphatic carbocycles. The zero-order valence-electron chi connectivity index (χ0n) is 10.5. The molecule has 0 unspecified atom stereocenters. The van der Waals surface area contributed by atoms with Crippen molar-refractivity contribution in [3.05, 3.63) is 64.5 Å². The predicted octanol–water partition coefficient (Wildman–Crippen LogP) is 3.08. The maximum absolute atomic E-state index is 10.9. The summed E-state index contributed by atoms with van der Waals surface area (Å²) < 4.78 is 0. The van der Waals surface area contributed by atoms with Gasteiger partial charge >= 0.3 is 0 Å². The number of aromatic amines is 1. The van der Waals surface area contributed by atoms with E-state index in [2.05, 4.69) is 15.3 Å². The van der Waals surface area contributed by atoms with Crippen LogP contribution in [-0.2, 0) is 6.54 Å².